The van der Waals surface area contributed by atoms with Gasteiger partial charge in [0.2, 0.25) is 0 Å². The average Bonchev–Trinajstić information content (AvgIpc) is 3.14. The number of hydrogen-bond acceptors (Lipinski definition) is 3. The lowest BCUT2D eigenvalue weighted by Crippen LogP contribution is -2.19. The van der Waals surface area contributed by atoms with Crippen LogP contribution >= 0.6 is 0 Å². The first-order valence-corrected chi connectivity index (χ1v) is 7.44. The Bertz CT molecular complexity index is 830. The van der Waals surface area contributed by atoms with Gasteiger partial charge in [0, 0.05) is 18.8 Å². The molecule has 110 valence electrons. The van der Waals surface area contributed by atoms with Crippen molar-refractivity contribution in [1.82, 2.24) is 9.78 Å². The number of aromatic nitrogens is 2. The summed E-state index contributed by atoms with van der Waals surface area (Å²) in [5, 5.41) is 4.42. The van der Waals surface area contributed by atoms with Gasteiger partial charge in [-0.15, -0.1) is 0 Å². The van der Waals surface area contributed by atoms with Crippen molar-refractivity contribution in [3.05, 3.63) is 71.4 Å². The maximum absolute atomic E-state index is 12.4. The smallest absolute Gasteiger partial charge is 0.167 e. The standard InChI is InChI=1S/C18H16N2O2/c1-12-7-8-18(22-12)13-9-16-15(17(21)10-13)11-19-20(16)14-5-3-2-4-6-14/h2-8,11,13H,9-10H2,1H3/t13-/m0/s1. The number of benzene rings is 1. The molecule has 3 aromatic rings. The third kappa shape index (κ3) is 2.08. The number of nitrogens with zero attached hydrogens (tertiary/aromatic N) is 2. The van der Waals surface area contributed by atoms with E-state index in [0.717, 1.165) is 34.9 Å². The zero-order valence-corrected chi connectivity index (χ0v) is 12.3. The van der Waals surface area contributed by atoms with E-state index in [1.165, 1.54) is 0 Å². The number of furan rings is 1. The van der Waals surface area contributed by atoms with E-state index in [9.17, 15) is 4.79 Å². The fraction of sp³-hybridized carbons (Fsp3) is 0.222. The van der Waals surface area contributed by atoms with Crippen LogP contribution in [0.4, 0.5) is 0 Å². The number of rotatable bonds is 2. The molecule has 0 radical (unpaired) electrons. The maximum atomic E-state index is 12.4. The molecule has 0 aliphatic heterocycles. The van der Waals surface area contributed by atoms with Crippen molar-refractivity contribution in [1.29, 1.82) is 0 Å². The van der Waals surface area contributed by atoms with Crippen LogP contribution in [0.1, 0.15) is 39.9 Å². The number of para-hydroxylation sites is 1. The van der Waals surface area contributed by atoms with Crippen molar-refractivity contribution in [3.8, 4) is 5.69 Å². The second kappa shape index (κ2) is 4.98. The summed E-state index contributed by atoms with van der Waals surface area (Å²) < 4.78 is 7.60. The predicted molar refractivity (Wildman–Crippen MR) is 82.4 cm³/mol. The van der Waals surface area contributed by atoms with Crippen molar-refractivity contribution in [3.63, 3.8) is 0 Å². The SMILES string of the molecule is Cc1ccc([C@@H]2CC(=O)c3cnn(-c4ccccc4)c3C2)o1. The van der Waals surface area contributed by atoms with Gasteiger partial charge in [-0.2, -0.15) is 5.10 Å². The van der Waals surface area contributed by atoms with E-state index in [4.69, 9.17) is 4.42 Å². The molecule has 1 aliphatic rings. The zero-order valence-electron chi connectivity index (χ0n) is 12.3. The largest absolute Gasteiger partial charge is 0.466 e. The number of Topliss-reactive ketones (excluding diaryl/α,β-unsaturated/α-hetero) is 1. The molecule has 4 rings (SSSR count). The zero-order chi connectivity index (χ0) is 15.1. The third-order valence-electron chi connectivity index (χ3n) is 4.21. The van der Waals surface area contributed by atoms with Crippen molar-refractivity contribution >= 4 is 5.78 Å². The Labute approximate surface area is 128 Å². The summed E-state index contributed by atoms with van der Waals surface area (Å²) in [5.74, 6) is 2.00. The van der Waals surface area contributed by atoms with Gasteiger partial charge in [-0.25, -0.2) is 4.68 Å². The Morgan fingerprint density at radius 2 is 1.95 bits per heavy atom. The minimum absolute atomic E-state index is 0.0906. The molecule has 0 unspecified atom stereocenters. The molecular formula is C18H16N2O2. The number of aryl methyl sites for hydroxylation is 1. The summed E-state index contributed by atoms with van der Waals surface area (Å²) in [6.07, 6.45) is 2.94. The Balaban J connectivity index is 1.76. The average molecular weight is 292 g/mol. The highest BCUT2D eigenvalue weighted by atomic mass is 16.3. The first-order chi connectivity index (χ1) is 10.7. The molecule has 0 saturated heterocycles. The number of carbonyl (C=O) groups is 1. The molecule has 1 aliphatic carbocycles. The summed E-state index contributed by atoms with van der Waals surface area (Å²) in [4.78, 5) is 12.4. The van der Waals surface area contributed by atoms with Gasteiger partial charge in [0.15, 0.2) is 5.78 Å². The summed E-state index contributed by atoms with van der Waals surface area (Å²) in [5.41, 5.74) is 2.69. The second-order valence-electron chi connectivity index (χ2n) is 5.73. The van der Waals surface area contributed by atoms with Gasteiger partial charge < -0.3 is 4.42 Å². The highest BCUT2D eigenvalue weighted by molar-refractivity contribution is 5.98. The van der Waals surface area contributed by atoms with Crippen LogP contribution in [0, 0.1) is 6.92 Å². The van der Waals surface area contributed by atoms with Gasteiger partial charge in [-0.1, -0.05) is 18.2 Å². The molecule has 0 bridgehead atoms. The molecule has 1 atom stereocenters. The van der Waals surface area contributed by atoms with Crippen LogP contribution < -0.4 is 0 Å². The lowest BCUT2D eigenvalue weighted by atomic mass is 9.85. The van der Waals surface area contributed by atoms with Crippen molar-refractivity contribution in [2.45, 2.75) is 25.7 Å². The van der Waals surface area contributed by atoms with E-state index in [1.54, 1.807) is 6.20 Å². The van der Waals surface area contributed by atoms with E-state index in [0.29, 0.717) is 6.42 Å². The van der Waals surface area contributed by atoms with E-state index < -0.39 is 0 Å². The molecular weight excluding hydrogens is 276 g/mol. The second-order valence-corrected chi connectivity index (χ2v) is 5.73. The molecule has 4 heteroatoms. The summed E-state index contributed by atoms with van der Waals surface area (Å²) in [6.45, 7) is 1.92. The molecule has 4 nitrogen and oxygen atoms in total. The minimum atomic E-state index is 0.0906. The van der Waals surface area contributed by atoms with Gasteiger partial charge in [-0.3, -0.25) is 4.79 Å². The fourth-order valence-corrected chi connectivity index (χ4v) is 3.11. The molecule has 0 fully saturated rings. The molecule has 0 saturated carbocycles. The lowest BCUT2D eigenvalue weighted by Gasteiger charge is -2.21. The van der Waals surface area contributed by atoms with Gasteiger partial charge in [0.05, 0.1) is 23.1 Å². The Kier molecular flexibility index (Phi) is 2.96. The van der Waals surface area contributed by atoms with Crippen molar-refractivity contribution in [2.75, 3.05) is 0 Å². The van der Waals surface area contributed by atoms with Gasteiger partial charge >= 0.3 is 0 Å². The number of hydrogen-bond donors (Lipinski definition) is 0. The normalized spacial score (nSPS) is 17.5. The van der Waals surface area contributed by atoms with Crippen LogP contribution in [0.15, 0.2) is 53.1 Å². The summed E-state index contributed by atoms with van der Waals surface area (Å²) in [7, 11) is 0. The van der Waals surface area contributed by atoms with Gasteiger partial charge in [0.25, 0.3) is 0 Å². The predicted octanol–water partition coefficient (Wildman–Crippen LogP) is 3.69. The molecule has 2 heterocycles. The molecule has 22 heavy (non-hydrogen) atoms. The molecule has 0 spiro atoms. The number of carbonyl (C=O) groups excluding carboxylic acids is 1. The van der Waals surface area contributed by atoms with Crippen molar-refractivity contribution < 1.29 is 9.21 Å². The monoisotopic (exact) mass is 292 g/mol. The molecule has 0 N–H and O–H groups in total. The van der Waals surface area contributed by atoms with Crippen LogP contribution in [-0.4, -0.2) is 15.6 Å². The summed E-state index contributed by atoms with van der Waals surface area (Å²) in [6, 6.07) is 13.8. The Morgan fingerprint density at radius 3 is 2.68 bits per heavy atom. The molecule has 2 aromatic heterocycles. The highest BCUT2D eigenvalue weighted by Crippen LogP contribution is 2.34. The van der Waals surface area contributed by atoms with Crippen LogP contribution in [0.25, 0.3) is 5.69 Å². The topological polar surface area (TPSA) is 48.0 Å². The lowest BCUT2D eigenvalue weighted by molar-refractivity contribution is 0.0959. The van der Waals surface area contributed by atoms with Crippen LogP contribution in [0.3, 0.4) is 0 Å². The first kappa shape index (κ1) is 13.1. The number of fused-ring (bicyclic) bond motifs is 1. The molecule has 0 amide bonds. The van der Waals surface area contributed by atoms with Gasteiger partial charge in [0.1, 0.15) is 11.5 Å². The quantitative estimate of drug-likeness (QED) is 0.723. The van der Waals surface area contributed by atoms with Crippen LogP contribution in [-0.2, 0) is 6.42 Å². The third-order valence-corrected chi connectivity index (χ3v) is 4.21. The fourth-order valence-electron chi connectivity index (χ4n) is 3.11. The summed E-state index contributed by atoms with van der Waals surface area (Å²) >= 11 is 0. The van der Waals surface area contributed by atoms with E-state index in [1.807, 2.05) is 54.1 Å². The maximum Gasteiger partial charge on any atom is 0.167 e. The molecule has 1 aromatic carbocycles. The number of ketones is 1. The van der Waals surface area contributed by atoms with Gasteiger partial charge in [-0.05, 0) is 31.2 Å². The van der Waals surface area contributed by atoms with Crippen molar-refractivity contribution in [2.24, 2.45) is 0 Å². The first-order valence-electron chi connectivity index (χ1n) is 7.44. The minimum Gasteiger partial charge on any atom is -0.466 e. The Hall–Kier alpha value is -2.62. The van der Waals surface area contributed by atoms with E-state index in [2.05, 4.69) is 5.10 Å². The highest BCUT2D eigenvalue weighted by Gasteiger charge is 2.31. The van der Waals surface area contributed by atoms with Crippen LogP contribution in [0.2, 0.25) is 0 Å². The van der Waals surface area contributed by atoms with E-state index in [-0.39, 0.29) is 11.7 Å². The Morgan fingerprint density at radius 1 is 1.14 bits per heavy atom. The van der Waals surface area contributed by atoms with Crippen LogP contribution in [0.5, 0.6) is 0 Å². The van der Waals surface area contributed by atoms with E-state index >= 15 is 0 Å².